The molecule has 17 heavy (non-hydrogen) atoms. The van der Waals surface area contributed by atoms with Crippen molar-refractivity contribution in [2.24, 2.45) is 5.73 Å². The molecule has 0 saturated carbocycles. The molecule has 0 aromatic carbocycles. The van der Waals surface area contributed by atoms with Gasteiger partial charge in [-0.1, -0.05) is 0 Å². The first kappa shape index (κ1) is 13.3. The molecule has 0 aliphatic rings. The van der Waals surface area contributed by atoms with E-state index in [1.54, 1.807) is 0 Å². The van der Waals surface area contributed by atoms with Crippen LogP contribution in [-0.4, -0.2) is 18.1 Å². The Hall–Kier alpha value is -1.76. The van der Waals surface area contributed by atoms with Crippen molar-refractivity contribution in [2.45, 2.75) is 19.4 Å². The molecule has 0 amide bonds. The smallest absolute Gasteiger partial charge is 0.310 e. The zero-order chi connectivity index (χ0) is 13.0. The Morgan fingerprint density at radius 3 is 2.65 bits per heavy atom. The number of nitrogens with two attached hydrogens (primary N) is 2. The highest BCUT2D eigenvalue weighted by Crippen LogP contribution is 2.27. The van der Waals surface area contributed by atoms with Crippen molar-refractivity contribution in [1.29, 1.82) is 0 Å². The summed E-state index contributed by atoms with van der Waals surface area (Å²) in [7, 11) is 1.18. The second-order valence-electron chi connectivity index (χ2n) is 3.31. The van der Waals surface area contributed by atoms with Crippen molar-refractivity contribution >= 4 is 11.8 Å². The lowest BCUT2D eigenvalue weighted by Crippen LogP contribution is -2.15. The SMILES string of the molecule is COC(=O)Cc1c(C(F)F)cnc(N)c1CN. The van der Waals surface area contributed by atoms with E-state index in [1.165, 1.54) is 7.11 Å². The van der Waals surface area contributed by atoms with Gasteiger partial charge in [-0.2, -0.15) is 0 Å². The molecule has 0 unspecified atom stereocenters. The molecule has 1 rings (SSSR count). The van der Waals surface area contributed by atoms with Crippen LogP contribution in [0.25, 0.3) is 0 Å². The number of ether oxygens (including phenoxy) is 1. The molecule has 1 aromatic rings. The number of carbonyl (C=O) groups excluding carboxylic acids is 1. The molecule has 1 heterocycles. The Morgan fingerprint density at radius 2 is 2.18 bits per heavy atom. The number of rotatable bonds is 4. The van der Waals surface area contributed by atoms with Crippen LogP contribution in [0.15, 0.2) is 6.20 Å². The van der Waals surface area contributed by atoms with Crippen LogP contribution in [0, 0.1) is 0 Å². The lowest BCUT2D eigenvalue weighted by Gasteiger charge is -2.13. The highest BCUT2D eigenvalue weighted by molar-refractivity contribution is 5.74. The molecule has 0 aliphatic heterocycles. The predicted molar refractivity (Wildman–Crippen MR) is 57.2 cm³/mol. The number of carbonyl (C=O) groups is 1. The number of aromatic nitrogens is 1. The number of hydrogen-bond donors (Lipinski definition) is 2. The number of methoxy groups -OCH3 is 1. The molecule has 0 fully saturated rings. The molecule has 94 valence electrons. The average Bonchev–Trinajstić information content (AvgIpc) is 2.28. The molecule has 5 nitrogen and oxygen atoms in total. The van der Waals surface area contributed by atoms with E-state index in [0.717, 1.165) is 6.20 Å². The second kappa shape index (κ2) is 5.53. The van der Waals surface area contributed by atoms with Gasteiger partial charge in [0.2, 0.25) is 0 Å². The third-order valence-electron chi connectivity index (χ3n) is 2.35. The van der Waals surface area contributed by atoms with Gasteiger partial charge in [0.1, 0.15) is 5.82 Å². The van der Waals surface area contributed by atoms with Gasteiger partial charge in [-0.15, -0.1) is 0 Å². The van der Waals surface area contributed by atoms with Gasteiger partial charge in [0.25, 0.3) is 6.43 Å². The predicted octanol–water partition coefficient (Wildman–Crippen LogP) is 0.776. The molecule has 7 heteroatoms. The number of anilines is 1. The Labute approximate surface area is 96.8 Å². The van der Waals surface area contributed by atoms with E-state index in [1.807, 2.05) is 0 Å². The number of pyridine rings is 1. The number of halogens is 2. The van der Waals surface area contributed by atoms with E-state index < -0.39 is 12.4 Å². The second-order valence-corrected chi connectivity index (χ2v) is 3.31. The van der Waals surface area contributed by atoms with E-state index in [0.29, 0.717) is 0 Å². The maximum absolute atomic E-state index is 12.8. The van der Waals surface area contributed by atoms with Crippen LogP contribution in [0.3, 0.4) is 0 Å². The van der Waals surface area contributed by atoms with Crippen molar-refractivity contribution in [1.82, 2.24) is 4.98 Å². The van der Waals surface area contributed by atoms with E-state index in [4.69, 9.17) is 11.5 Å². The topological polar surface area (TPSA) is 91.2 Å². The van der Waals surface area contributed by atoms with Crippen molar-refractivity contribution in [3.8, 4) is 0 Å². The van der Waals surface area contributed by atoms with Crippen LogP contribution in [0.1, 0.15) is 23.1 Å². The molecule has 1 aromatic heterocycles. The summed E-state index contributed by atoms with van der Waals surface area (Å²) in [5.41, 5.74) is 11.0. The Balaban J connectivity index is 3.28. The Morgan fingerprint density at radius 1 is 1.53 bits per heavy atom. The monoisotopic (exact) mass is 245 g/mol. The third kappa shape index (κ3) is 2.88. The summed E-state index contributed by atoms with van der Waals surface area (Å²) in [6.07, 6.45) is -2.08. The lowest BCUT2D eigenvalue weighted by atomic mass is 10.0. The van der Waals surface area contributed by atoms with Crippen LogP contribution in [0.5, 0.6) is 0 Å². The first-order valence-electron chi connectivity index (χ1n) is 4.82. The van der Waals surface area contributed by atoms with Crippen molar-refractivity contribution in [3.05, 3.63) is 22.9 Å². The highest BCUT2D eigenvalue weighted by atomic mass is 19.3. The summed E-state index contributed by atoms with van der Waals surface area (Å²) in [5.74, 6) is -0.581. The molecular formula is C10H13F2N3O2. The van der Waals surface area contributed by atoms with Gasteiger partial charge in [0.05, 0.1) is 13.5 Å². The van der Waals surface area contributed by atoms with Crippen molar-refractivity contribution in [3.63, 3.8) is 0 Å². The fourth-order valence-corrected chi connectivity index (χ4v) is 1.46. The zero-order valence-electron chi connectivity index (χ0n) is 9.24. The molecule has 0 radical (unpaired) electrons. The minimum Gasteiger partial charge on any atom is -0.469 e. The minimum atomic E-state index is -2.74. The van der Waals surface area contributed by atoms with Crippen LogP contribution in [0.2, 0.25) is 0 Å². The molecular weight excluding hydrogens is 232 g/mol. The van der Waals surface area contributed by atoms with Gasteiger partial charge < -0.3 is 16.2 Å². The Bertz CT molecular complexity index is 424. The van der Waals surface area contributed by atoms with Gasteiger partial charge in [-0.25, -0.2) is 13.8 Å². The van der Waals surface area contributed by atoms with Gasteiger partial charge in [-0.05, 0) is 5.56 Å². The molecule has 0 atom stereocenters. The summed E-state index contributed by atoms with van der Waals surface area (Å²) >= 11 is 0. The summed E-state index contributed by atoms with van der Waals surface area (Å²) in [5, 5.41) is 0. The highest BCUT2D eigenvalue weighted by Gasteiger charge is 2.21. The first-order valence-corrected chi connectivity index (χ1v) is 4.82. The average molecular weight is 245 g/mol. The van der Waals surface area contributed by atoms with Gasteiger partial charge in [-0.3, -0.25) is 4.79 Å². The van der Waals surface area contributed by atoms with Gasteiger partial charge >= 0.3 is 5.97 Å². The van der Waals surface area contributed by atoms with E-state index >= 15 is 0 Å². The molecule has 0 aliphatic carbocycles. The minimum absolute atomic E-state index is 0.0517. The summed E-state index contributed by atoms with van der Waals surface area (Å²) < 4.78 is 30.0. The van der Waals surface area contributed by atoms with E-state index in [2.05, 4.69) is 9.72 Å². The van der Waals surface area contributed by atoms with Crippen LogP contribution in [-0.2, 0) is 22.5 Å². The fourth-order valence-electron chi connectivity index (χ4n) is 1.46. The number of hydrogen-bond acceptors (Lipinski definition) is 5. The number of nitrogen functional groups attached to an aromatic ring is 1. The van der Waals surface area contributed by atoms with E-state index in [9.17, 15) is 13.6 Å². The van der Waals surface area contributed by atoms with Crippen molar-refractivity contribution in [2.75, 3.05) is 12.8 Å². The van der Waals surface area contributed by atoms with Crippen molar-refractivity contribution < 1.29 is 18.3 Å². The zero-order valence-corrected chi connectivity index (χ0v) is 9.24. The normalized spacial score (nSPS) is 10.6. The summed E-state index contributed by atoms with van der Waals surface area (Å²) in [4.78, 5) is 14.8. The largest absolute Gasteiger partial charge is 0.469 e. The molecule has 0 saturated heterocycles. The van der Waals surface area contributed by atoms with Gasteiger partial charge in [0.15, 0.2) is 0 Å². The fraction of sp³-hybridized carbons (Fsp3) is 0.400. The third-order valence-corrected chi connectivity index (χ3v) is 2.35. The van der Waals surface area contributed by atoms with Crippen LogP contribution >= 0.6 is 0 Å². The number of nitrogens with zero attached hydrogens (tertiary/aromatic N) is 1. The maximum Gasteiger partial charge on any atom is 0.310 e. The van der Waals surface area contributed by atoms with Crippen LogP contribution < -0.4 is 11.5 Å². The number of esters is 1. The van der Waals surface area contributed by atoms with Crippen LogP contribution in [0.4, 0.5) is 14.6 Å². The summed E-state index contributed by atoms with van der Waals surface area (Å²) in [6.45, 7) is -0.0638. The van der Waals surface area contributed by atoms with Gasteiger partial charge in [0, 0.05) is 23.9 Å². The van der Waals surface area contributed by atoms with E-state index in [-0.39, 0.29) is 35.5 Å². The maximum atomic E-state index is 12.8. The quantitative estimate of drug-likeness (QED) is 0.765. The first-order chi connectivity index (χ1) is 8.01. The lowest BCUT2D eigenvalue weighted by molar-refractivity contribution is -0.139. The molecule has 0 bridgehead atoms. The molecule has 4 N–H and O–H groups in total. The summed E-state index contributed by atoms with van der Waals surface area (Å²) in [6, 6.07) is 0. The molecule has 0 spiro atoms. The standard InChI is InChI=1S/C10H13F2N3O2/c1-17-8(16)2-5-6(3-13)10(14)15-4-7(5)9(11)12/h4,9H,2-3,13H2,1H3,(H2,14,15). The number of alkyl halides is 2. The Kier molecular flexibility index (Phi) is 4.33.